The molecule has 1 saturated heterocycles. The Morgan fingerprint density at radius 1 is 1.56 bits per heavy atom. The maximum atomic E-state index is 5.61. The third-order valence-corrected chi connectivity index (χ3v) is 3.10. The van der Waals surface area contributed by atoms with E-state index in [9.17, 15) is 0 Å². The number of aryl methyl sites for hydroxylation is 1. The topological polar surface area (TPSA) is 56.3 Å². The van der Waals surface area contributed by atoms with E-state index >= 15 is 0 Å². The maximum absolute atomic E-state index is 5.61. The van der Waals surface area contributed by atoms with Crippen molar-refractivity contribution in [2.45, 2.75) is 26.8 Å². The van der Waals surface area contributed by atoms with Crippen molar-refractivity contribution in [1.29, 1.82) is 0 Å². The van der Waals surface area contributed by atoms with Crippen LogP contribution in [0.3, 0.4) is 0 Å². The predicted octanol–water partition coefficient (Wildman–Crippen LogP) is 1.31. The van der Waals surface area contributed by atoms with Crippen molar-refractivity contribution >= 4 is 0 Å². The predicted molar refractivity (Wildman–Crippen MR) is 68.6 cm³/mol. The highest BCUT2D eigenvalue weighted by Gasteiger charge is 2.16. The third-order valence-electron chi connectivity index (χ3n) is 3.10. The Balaban J connectivity index is 1.87. The quantitative estimate of drug-likeness (QED) is 0.826. The fraction of sp³-hybridized carbons (Fsp3) is 0.692. The van der Waals surface area contributed by atoms with Gasteiger partial charge in [-0.2, -0.15) is 0 Å². The van der Waals surface area contributed by atoms with E-state index in [1.54, 1.807) is 0 Å². The first-order valence-corrected chi connectivity index (χ1v) is 6.53. The van der Waals surface area contributed by atoms with Crippen LogP contribution < -0.4 is 10.1 Å². The molecule has 1 aliphatic heterocycles. The van der Waals surface area contributed by atoms with Crippen LogP contribution in [0, 0.1) is 12.8 Å². The van der Waals surface area contributed by atoms with E-state index < -0.39 is 0 Å². The second-order valence-electron chi connectivity index (χ2n) is 4.58. The summed E-state index contributed by atoms with van der Waals surface area (Å²) in [6.07, 6.45) is 2.91. The van der Waals surface area contributed by atoms with Gasteiger partial charge in [0.05, 0.1) is 13.2 Å². The highest BCUT2D eigenvalue weighted by molar-refractivity contribution is 5.17. The first-order chi connectivity index (χ1) is 8.79. The van der Waals surface area contributed by atoms with Crippen LogP contribution in [0.4, 0.5) is 0 Å². The van der Waals surface area contributed by atoms with E-state index in [0.717, 1.165) is 44.0 Å². The first-order valence-electron chi connectivity index (χ1n) is 6.53. The molecule has 0 radical (unpaired) electrons. The standard InChI is InChI=1S/C13H21N3O2/c1-3-14-6-12-7-15-13(16-10(12)2)18-9-11-4-5-17-8-11/h7,11,14H,3-6,8-9H2,1-2H3. The summed E-state index contributed by atoms with van der Waals surface area (Å²) in [7, 11) is 0. The molecule has 0 bridgehead atoms. The van der Waals surface area contributed by atoms with Gasteiger partial charge in [0.15, 0.2) is 0 Å². The number of hydrogen-bond donors (Lipinski definition) is 1. The lowest BCUT2D eigenvalue weighted by atomic mass is 10.1. The largest absolute Gasteiger partial charge is 0.463 e. The van der Waals surface area contributed by atoms with Gasteiger partial charge in [-0.3, -0.25) is 0 Å². The highest BCUT2D eigenvalue weighted by Crippen LogP contribution is 2.14. The van der Waals surface area contributed by atoms with Crippen molar-refractivity contribution in [1.82, 2.24) is 15.3 Å². The summed E-state index contributed by atoms with van der Waals surface area (Å²) >= 11 is 0. The van der Waals surface area contributed by atoms with Gasteiger partial charge in [0.2, 0.25) is 0 Å². The lowest BCUT2D eigenvalue weighted by Crippen LogP contribution is -2.15. The number of nitrogens with one attached hydrogen (secondary N) is 1. The Morgan fingerprint density at radius 2 is 2.44 bits per heavy atom. The summed E-state index contributed by atoms with van der Waals surface area (Å²) in [6, 6.07) is 0.472. The lowest BCUT2D eigenvalue weighted by Gasteiger charge is -2.10. The molecule has 0 saturated carbocycles. The minimum atomic E-state index is 0.472. The summed E-state index contributed by atoms with van der Waals surface area (Å²) in [4.78, 5) is 8.61. The molecular formula is C13H21N3O2. The van der Waals surface area contributed by atoms with E-state index in [2.05, 4.69) is 22.2 Å². The van der Waals surface area contributed by atoms with Crippen LogP contribution in [0.2, 0.25) is 0 Å². The van der Waals surface area contributed by atoms with Gasteiger partial charge in [0.1, 0.15) is 0 Å². The van der Waals surface area contributed by atoms with Crippen molar-refractivity contribution in [3.63, 3.8) is 0 Å². The number of ether oxygens (including phenoxy) is 2. The van der Waals surface area contributed by atoms with E-state index in [4.69, 9.17) is 9.47 Å². The molecule has 0 aromatic carbocycles. The molecule has 1 aromatic heterocycles. The molecule has 0 amide bonds. The Morgan fingerprint density at radius 3 is 3.11 bits per heavy atom. The summed E-state index contributed by atoms with van der Waals surface area (Å²) < 4.78 is 10.9. The van der Waals surface area contributed by atoms with Crippen LogP contribution in [0.1, 0.15) is 24.6 Å². The van der Waals surface area contributed by atoms with E-state index in [0.29, 0.717) is 18.5 Å². The second kappa shape index (κ2) is 6.66. The molecule has 1 aromatic rings. The molecule has 2 rings (SSSR count). The van der Waals surface area contributed by atoms with Crippen LogP contribution in [0.25, 0.3) is 0 Å². The minimum absolute atomic E-state index is 0.472. The normalized spacial score (nSPS) is 19.1. The van der Waals surface area contributed by atoms with Crippen molar-refractivity contribution in [3.8, 4) is 6.01 Å². The van der Waals surface area contributed by atoms with Crippen LogP contribution in [-0.2, 0) is 11.3 Å². The minimum Gasteiger partial charge on any atom is -0.463 e. The average molecular weight is 251 g/mol. The molecule has 1 atom stereocenters. The fourth-order valence-corrected chi connectivity index (χ4v) is 1.88. The molecule has 0 aliphatic carbocycles. The Hall–Kier alpha value is -1.20. The van der Waals surface area contributed by atoms with Crippen molar-refractivity contribution in [2.75, 3.05) is 26.4 Å². The van der Waals surface area contributed by atoms with Crippen molar-refractivity contribution in [3.05, 3.63) is 17.5 Å². The van der Waals surface area contributed by atoms with Gasteiger partial charge in [-0.15, -0.1) is 0 Å². The van der Waals surface area contributed by atoms with E-state index in [1.807, 2.05) is 13.1 Å². The molecule has 5 heteroatoms. The summed E-state index contributed by atoms with van der Waals surface area (Å²) in [5.74, 6) is 0.482. The van der Waals surface area contributed by atoms with Gasteiger partial charge >= 0.3 is 6.01 Å². The molecule has 5 nitrogen and oxygen atoms in total. The molecule has 1 unspecified atom stereocenters. The zero-order chi connectivity index (χ0) is 12.8. The van der Waals surface area contributed by atoms with Gasteiger partial charge < -0.3 is 14.8 Å². The Labute approximate surface area is 108 Å². The number of nitrogens with zero attached hydrogens (tertiary/aromatic N) is 2. The number of rotatable bonds is 6. The lowest BCUT2D eigenvalue weighted by molar-refractivity contribution is 0.163. The molecular weight excluding hydrogens is 230 g/mol. The average Bonchev–Trinajstić information content (AvgIpc) is 2.88. The Bertz CT molecular complexity index is 378. The second-order valence-corrected chi connectivity index (χ2v) is 4.58. The molecule has 18 heavy (non-hydrogen) atoms. The van der Waals surface area contributed by atoms with Crippen molar-refractivity contribution < 1.29 is 9.47 Å². The zero-order valence-electron chi connectivity index (χ0n) is 11.1. The first kappa shape index (κ1) is 13.2. The van der Waals surface area contributed by atoms with Gasteiger partial charge in [-0.05, 0) is 19.9 Å². The molecule has 1 fully saturated rings. The third kappa shape index (κ3) is 3.65. The van der Waals surface area contributed by atoms with Crippen molar-refractivity contribution in [2.24, 2.45) is 5.92 Å². The van der Waals surface area contributed by atoms with Crippen LogP contribution in [0.15, 0.2) is 6.20 Å². The van der Waals surface area contributed by atoms with Gasteiger partial charge in [0.25, 0.3) is 0 Å². The molecule has 1 N–H and O–H groups in total. The van der Waals surface area contributed by atoms with E-state index in [1.165, 1.54) is 0 Å². The molecule has 100 valence electrons. The van der Waals surface area contributed by atoms with Gasteiger partial charge in [0, 0.05) is 36.5 Å². The van der Waals surface area contributed by atoms with E-state index in [-0.39, 0.29) is 0 Å². The molecule has 2 heterocycles. The van der Waals surface area contributed by atoms with Gasteiger partial charge in [-0.25, -0.2) is 9.97 Å². The highest BCUT2D eigenvalue weighted by atomic mass is 16.5. The van der Waals surface area contributed by atoms with Crippen LogP contribution >= 0.6 is 0 Å². The summed E-state index contributed by atoms with van der Waals surface area (Å²) in [5.41, 5.74) is 2.09. The summed E-state index contributed by atoms with van der Waals surface area (Å²) in [5, 5.41) is 3.26. The monoisotopic (exact) mass is 251 g/mol. The smallest absolute Gasteiger partial charge is 0.316 e. The fourth-order valence-electron chi connectivity index (χ4n) is 1.88. The Kier molecular flexibility index (Phi) is 4.90. The molecule has 1 aliphatic rings. The molecule has 0 spiro atoms. The number of hydrogen-bond acceptors (Lipinski definition) is 5. The van der Waals surface area contributed by atoms with Crippen LogP contribution in [-0.4, -0.2) is 36.3 Å². The maximum Gasteiger partial charge on any atom is 0.316 e. The SMILES string of the molecule is CCNCc1cnc(OCC2CCOC2)nc1C. The van der Waals surface area contributed by atoms with Gasteiger partial charge in [-0.1, -0.05) is 6.92 Å². The zero-order valence-corrected chi connectivity index (χ0v) is 11.1. The van der Waals surface area contributed by atoms with Crippen LogP contribution in [0.5, 0.6) is 6.01 Å². The summed E-state index contributed by atoms with van der Waals surface area (Å²) in [6.45, 7) is 8.09. The number of aromatic nitrogens is 2.